The third kappa shape index (κ3) is 5.17. The fraction of sp³-hybridized carbons (Fsp3) is 0.235. The number of amides is 1. The van der Waals surface area contributed by atoms with E-state index in [4.69, 9.17) is 9.47 Å². The summed E-state index contributed by atoms with van der Waals surface area (Å²) in [6.07, 6.45) is 0. The van der Waals surface area contributed by atoms with Crippen molar-refractivity contribution in [3.8, 4) is 11.5 Å². The first kappa shape index (κ1) is 17.1. The van der Waals surface area contributed by atoms with Gasteiger partial charge in [0.1, 0.15) is 17.3 Å². The lowest BCUT2D eigenvalue weighted by atomic mass is 10.2. The number of thioether (sulfide) groups is 1. The Balaban J connectivity index is 1.83. The number of hydrogen-bond donors (Lipinski definition) is 1. The molecule has 0 spiro atoms. The van der Waals surface area contributed by atoms with Gasteiger partial charge in [0.25, 0.3) is 0 Å². The lowest BCUT2D eigenvalue weighted by molar-refractivity contribution is -0.113. The zero-order valence-electron chi connectivity index (χ0n) is 13.0. The second-order valence-electron chi connectivity index (χ2n) is 4.73. The van der Waals surface area contributed by atoms with E-state index < -0.39 is 0 Å². The quantitative estimate of drug-likeness (QED) is 0.838. The topological polar surface area (TPSA) is 47.6 Å². The SMILES string of the molecule is COc1ccc(NC(=O)CSCc2cc(F)ccc2OC)cc1. The fourth-order valence-electron chi connectivity index (χ4n) is 1.99. The first-order valence-electron chi connectivity index (χ1n) is 6.96. The van der Waals surface area contributed by atoms with Crippen molar-refractivity contribution in [1.82, 2.24) is 0 Å². The third-order valence-electron chi connectivity index (χ3n) is 3.11. The first-order valence-corrected chi connectivity index (χ1v) is 8.12. The van der Waals surface area contributed by atoms with Crippen molar-refractivity contribution in [2.45, 2.75) is 5.75 Å². The van der Waals surface area contributed by atoms with Gasteiger partial charge in [-0.15, -0.1) is 11.8 Å². The van der Waals surface area contributed by atoms with E-state index >= 15 is 0 Å². The third-order valence-corrected chi connectivity index (χ3v) is 4.09. The Hall–Kier alpha value is -2.21. The van der Waals surface area contributed by atoms with E-state index in [1.165, 1.54) is 31.0 Å². The van der Waals surface area contributed by atoms with Crippen LogP contribution in [0.1, 0.15) is 5.56 Å². The van der Waals surface area contributed by atoms with E-state index in [1.807, 2.05) is 0 Å². The molecule has 0 atom stereocenters. The molecule has 0 aliphatic heterocycles. The van der Waals surface area contributed by atoms with Crippen LogP contribution in [0.4, 0.5) is 10.1 Å². The number of carbonyl (C=O) groups is 1. The smallest absolute Gasteiger partial charge is 0.234 e. The number of hydrogen-bond acceptors (Lipinski definition) is 4. The summed E-state index contributed by atoms with van der Waals surface area (Å²) in [5, 5.41) is 2.80. The maximum Gasteiger partial charge on any atom is 0.234 e. The Kier molecular flexibility index (Phi) is 6.29. The predicted molar refractivity (Wildman–Crippen MR) is 90.7 cm³/mol. The highest BCUT2D eigenvalue weighted by molar-refractivity contribution is 7.99. The number of benzene rings is 2. The fourth-order valence-corrected chi connectivity index (χ4v) is 2.79. The molecule has 4 nitrogen and oxygen atoms in total. The summed E-state index contributed by atoms with van der Waals surface area (Å²) >= 11 is 1.40. The van der Waals surface area contributed by atoms with Gasteiger partial charge in [0, 0.05) is 17.0 Å². The Morgan fingerprint density at radius 2 is 1.87 bits per heavy atom. The van der Waals surface area contributed by atoms with Crippen molar-refractivity contribution in [2.75, 3.05) is 25.3 Å². The van der Waals surface area contributed by atoms with E-state index in [0.717, 1.165) is 11.3 Å². The van der Waals surface area contributed by atoms with Crippen LogP contribution in [0.2, 0.25) is 0 Å². The van der Waals surface area contributed by atoms with Gasteiger partial charge in [0.05, 0.1) is 20.0 Å². The van der Waals surface area contributed by atoms with E-state index in [-0.39, 0.29) is 17.5 Å². The summed E-state index contributed by atoms with van der Waals surface area (Å²) in [7, 11) is 3.13. The normalized spacial score (nSPS) is 10.2. The summed E-state index contributed by atoms with van der Waals surface area (Å²) in [5.41, 5.74) is 1.44. The van der Waals surface area contributed by atoms with Crippen molar-refractivity contribution >= 4 is 23.4 Å². The maximum atomic E-state index is 13.3. The molecule has 2 rings (SSSR count). The van der Waals surface area contributed by atoms with Crippen LogP contribution in [0, 0.1) is 5.82 Å². The van der Waals surface area contributed by atoms with Gasteiger partial charge in [-0.3, -0.25) is 4.79 Å². The molecule has 0 bridgehead atoms. The average Bonchev–Trinajstić information content (AvgIpc) is 2.56. The van der Waals surface area contributed by atoms with Gasteiger partial charge in [0.2, 0.25) is 5.91 Å². The lowest BCUT2D eigenvalue weighted by Crippen LogP contribution is -2.14. The molecular weight excluding hydrogens is 317 g/mol. The standard InChI is InChI=1S/C17H18FNO3S/c1-21-15-6-4-14(5-7-15)19-17(20)11-23-10-12-9-13(18)3-8-16(12)22-2/h3-9H,10-11H2,1-2H3,(H,19,20). The molecule has 122 valence electrons. The van der Waals surface area contributed by atoms with Crippen molar-refractivity contribution in [2.24, 2.45) is 0 Å². The minimum Gasteiger partial charge on any atom is -0.497 e. The van der Waals surface area contributed by atoms with Gasteiger partial charge in [-0.2, -0.15) is 0 Å². The Morgan fingerprint density at radius 1 is 1.13 bits per heavy atom. The molecule has 0 saturated carbocycles. The molecule has 0 aliphatic carbocycles. The van der Waals surface area contributed by atoms with Crippen molar-refractivity contribution in [1.29, 1.82) is 0 Å². The van der Waals surface area contributed by atoms with Crippen LogP contribution in [-0.2, 0) is 10.5 Å². The van der Waals surface area contributed by atoms with Gasteiger partial charge < -0.3 is 14.8 Å². The van der Waals surface area contributed by atoms with Gasteiger partial charge in [0.15, 0.2) is 0 Å². The van der Waals surface area contributed by atoms with Gasteiger partial charge in [-0.1, -0.05) is 0 Å². The predicted octanol–water partition coefficient (Wildman–Crippen LogP) is 3.71. The molecule has 0 saturated heterocycles. The molecule has 1 N–H and O–H groups in total. The number of anilines is 1. The zero-order valence-corrected chi connectivity index (χ0v) is 13.8. The van der Waals surface area contributed by atoms with Gasteiger partial charge in [-0.25, -0.2) is 4.39 Å². The molecule has 0 heterocycles. The van der Waals surface area contributed by atoms with Crippen LogP contribution in [-0.4, -0.2) is 25.9 Å². The Labute approximate surface area is 139 Å². The summed E-state index contributed by atoms with van der Waals surface area (Å²) in [4.78, 5) is 11.9. The number of carbonyl (C=O) groups excluding carboxylic acids is 1. The van der Waals surface area contributed by atoms with E-state index in [1.54, 1.807) is 37.4 Å². The van der Waals surface area contributed by atoms with Gasteiger partial charge in [-0.05, 0) is 42.5 Å². The molecule has 0 radical (unpaired) electrons. The molecule has 1 amide bonds. The zero-order chi connectivity index (χ0) is 16.7. The molecule has 6 heteroatoms. The number of ether oxygens (including phenoxy) is 2. The number of rotatable bonds is 7. The monoisotopic (exact) mass is 335 g/mol. The molecular formula is C17H18FNO3S. The second kappa shape index (κ2) is 8.43. The van der Waals surface area contributed by atoms with E-state index in [0.29, 0.717) is 17.2 Å². The molecule has 0 fully saturated rings. The molecule has 2 aromatic rings. The van der Waals surface area contributed by atoms with Crippen LogP contribution < -0.4 is 14.8 Å². The number of methoxy groups -OCH3 is 2. The minimum atomic E-state index is -0.316. The Bertz CT molecular complexity index is 661. The highest BCUT2D eigenvalue weighted by Gasteiger charge is 2.07. The summed E-state index contributed by atoms with van der Waals surface area (Å²) in [6.45, 7) is 0. The van der Waals surface area contributed by atoms with E-state index in [9.17, 15) is 9.18 Å². The lowest BCUT2D eigenvalue weighted by Gasteiger charge is -2.09. The highest BCUT2D eigenvalue weighted by Crippen LogP contribution is 2.24. The van der Waals surface area contributed by atoms with Gasteiger partial charge >= 0.3 is 0 Å². The number of halogens is 1. The second-order valence-corrected chi connectivity index (χ2v) is 5.71. The maximum absolute atomic E-state index is 13.3. The Morgan fingerprint density at radius 3 is 2.52 bits per heavy atom. The molecule has 23 heavy (non-hydrogen) atoms. The largest absolute Gasteiger partial charge is 0.497 e. The van der Waals surface area contributed by atoms with Crippen LogP contribution in [0.5, 0.6) is 11.5 Å². The minimum absolute atomic E-state index is 0.115. The molecule has 0 aliphatic rings. The highest BCUT2D eigenvalue weighted by atomic mass is 32.2. The van der Waals surface area contributed by atoms with Crippen LogP contribution in [0.25, 0.3) is 0 Å². The van der Waals surface area contributed by atoms with Crippen molar-refractivity contribution in [3.05, 3.63) is 53.8 Å². The van der Waals surface area contributed by atoms with Crippen molar-refractivity contribution < 1.29 is 18.7 Å². The summed E-state index contributed by atoms with van der Waals surface area (Å²) in [6, 6.07) is 11.5. The van der Waals surface area contributed by atoms with Crippen LogP contribution in [0.3, 0.4) is 0 Å². The molecule has 0 unspecified atom stereocenters. The number of nitrogens with one attached hydrogen (secondary N) is 1. The van der Waals surface area contributed by atoms with Crippen molar-refractivity contribution in [3.63, 3.8) is 0 Å². The summed E-state index contributed by atoms with van der Waals surface area (Å²) in [5.74, 6) is 1.69. The molecule has 0 aromatic heterocycles. The first-order chi connectivity index (χ1) is 11.1. The van der Waals surface area contributed by atoms with Crippen LogP contribution in [0.15, 0.2) is 42.5 Å². The van der Waals surface area contributed by atoms with E-state index in [2.05, 4.69) is 5.32 Å². The van der Waals surface area contributed by atoms with Crippen LogP contribution >= 0.6 is 11.8 Å². The molecule has 2 aromatic carbocycles. The average molecular weight is 335 g/mol. The summed E-state index contributed by atoms with van der Waals surface area (Å²) < 4.78 is 23.5.